The molecule has 0 aliphatic heterocycles. The van der Waals surface area contributed by atoms with E-state index in [1.807, 2.05) is 0 Å². The normalized spacial score (nSPS) is 9.88. The maximum atomic E-state index is 11.3. The number of nitrogens with one attached hydrogen (secondary N) is 2. The summed E-state index contributed by atoms with van der Waals surface area (Å²) in [5.41, 5.74) is 0.547. The summed E-state index contributed by atoms with van der Waals surface area (Å²) in [4.78, 5) is 11.3. The van der Waals surface area contributed by atoms with Crippen LogP contribution in [0.25, 0.3) is 0 Å². The second-order valence-electron chi connectivity index (χ2n) is 3.32. The molecule has 0 fully saturated rings. The van der Waals surface area contributed by atoms with Gasteiger partial charge in [-0.3, -0.25) is 0 Å². The van der Waals surface area contributed by atoms with Crippen molar-refractivity contribution < 1.29 is 14.6 Å². The lowest BCUT2D eigenvalue weighted by atomic mass is 10.2. The summed E-state index contributed by atoms with van der Waals surface area (Å²) in [5, 5.41) is 14.9. The Balaban J connectivity index is 2.53. The number of carbonyl (C=O) groups excluding carboxylic acids is 1. The van der Waals surface area contributed by atoms with Crippen LogP contribution in [0.3, 0.4) is 0 Å². The molecule has 0 saturated heterocycles. The summed E-state index contributed by atoms with van der Waals surface area (Å²) in [6.07, 6.45) is -0.524. The Morgan fingerprint density at radius 1 is 1.44 bits per heavy atom. The maximum Gasteiger partial charge on any atom is 0.412 e. The molecule has 0 atom stereocenters. The van der Waals surface area contributed by atoms with Gasteiger partial charge in [0.15, 0.2) is 0 Å². The van der Waals surface area contributed by atoms with Crippen LogP contribution in [0, 0.1) is 6.92 Å². The summed E-state index contributed by atoms with van der Waals surface area (Å²) < 4.78 is 5.03. The predicted molar refractivity (Wildman–Crippen MR) is 60.8 cm³/mol. The molecular weight excluding hydrogens is 208 g/mol. The Labute approximate surface area is 94.4 Å². The average molecular weight is 224 g/mol. The lowest BCUT2D eigenvalue weighted by Gasteiger charge is -2.09. The van der Waals surface area contributed by atoms with Gasteiger partial charge in [0.25, 0.3) is 0 Å². The van der Waals surface area contributed by atoms with E-state index in [1.165, 1.54) is 0 Å². The number of aromatic hydroxyl groups is 1. The fourth-order valence-electron chi connectivity index (χ4n) is 1.14. The quantitative estimate of drug-likeness (QED) is 0.667. The summed E-state index contributed by atoms with van der Waals surface area (Å²) in [7, 11) is 1.80. The van der Waals surface area contributed by atoms with Crippen molar-refractivity contribution in [3.63, 3.8) is 0 Å². The van der Waals surface area contributed by atoms with E-state index in [1.54, 1.807) is 32.2 Å². The second kappa shape index (κ2) is 5.97. The predicted octanol–water partition coefficient (Wildman–Crippen LogP) is 1.01. The zero-order chi connectivity index (χ0) is 12.0. The molecular formula is C11H16N2O3. The Kier molecular flexibility index (Phi) is 4.60. The number of amides is 1. The molecule has 0 aliphatic carbocycles. The topological polar surface area (TPSA) is 70.6 Å². The van der Waals surface area contributed by atoms with Gasteiger partial charge in [-0.05, 0) is 26.1 Å². The fourth-order valence-corrected chi connectivity index (χ4v) is 1.14. The molecule has 0 radical (unpaired) electrons. The van der Waals surface area contributed by atoms with Crippen LogP contribution >= 0.6 is 0 Å². The summed E-state index contributed by atoms with van der Waals surface area (Å²) in [6, 6.07) is 4.80. The van der Waals surface area contributed by atoms with Crippen LogP contribution in [0.2, 0.25) is 0 Å². The highest BCUT2D eigenvalue weighted by Crippen LogP contribution is 2.25. The molecule has 0 spiro atoms. The lowest BCUT2D eigenvalue weighted by molar-refractivity contribution is 0.200. The largest absolute Gasteiger partial charge is 0.508 e. The van der Waals surface area contributed by atoms with Gasteiger partial charge in [0.2, 0.25) is 0 Å². The zero-order valence-electron chi connectivity index (χ0n) is 9.41. The van der Waals surface area contributed by atoms with E-state index < -0.39 is 6.09 Å². The molecule has 5 nitrogen and oxygen atoms in total. The molecule has 0 heterocycles. The number of rotatable bonds is 4. The molecule has 0 unspecified atom stereocenters. The van der Waals surface area contributed by atoms with Crippen LogP contribution in [0.4, 0.5) is 4.79 Å². The Hall–Kier alpha value is -1.75. The molecule has 5 heteroatoms. The second-order valence-corrected chi connectivity index (χ2v) is 3.32. The molecule has 1 rings (SSSR count). The van der Waals surface area contributed by atoms with Gasteiger partial charge in [0, 0.05) is 18.7 Å². The Morgan fingerprint density at radius 2 is 2.19 bits per heavy atom. The van der Waals surface area contributed by atoms with E-state index in [0.717, 1.165) is 0 Å². The zero-order valence-corrected chi connectivity index (χ0v) is 9.41. The number of phenolic OH excluding ortho intramolecular Hbond substituents is 1. The van der Waals surface area contributed by atoms with Crippen LogP contribution in [-0.4, -0.2) is 31.3 Å². The molecule has 0 bridgehead atoms. The van der Waals surface area contributed by atoms with Crippen molar-refractivity contribution in [1.29, 1.82) is 0 Å². The van der Waals surface area contributed by atoms with Gasteiger partial charge in [-0.2, -0.15) is 0 Å². The number of hydrogen-bond donors (Lipinski definition) is 3. The van der Waals surface area contributed by atoms with Crippen LogP contribution in [0.1, 0.15) is 5.56 Å². The standard InChI is InChI=1S/C11H16N2O3/c1-8-9(14)4-3-5-10(8)16-11(15)13-7-6-12-2/h3-5,12,14H,6-7H2,1-2H3,(H,13,15). The van der Waals surface area contributed by atoms with Crippen molar-refractivity contribution in [2.24, 2.45) is 0 Å². The first-order valence-electron chi connectivity index (χ1n) is 5.04. The number of ether oxygens (including phenoxy) is 1. The van der Waals surface area contributed by atoms with E-state index in [-0.39, 0.29) is 5.75 Å². The first kappa shape index (κ1) is 12.3. The fraction of sp³-hybridized carbons (Fsp3) is 0.364. The Morgan fingerprint density at radius 3 is 2.88 bits per heavy atom. The van der Waals surface area contributed by atoms with Crippen molar-refractivity contribution in [3.8, 4) is 11.5 Å². The average Bonchev–Trinajstić information content (AvgIpc) is 2.25. The molecule has 1 aromatic carbocycles. The highest BCUT2D eigenvalue weighted by atomic mass is 16.6. The van der Waals surface area contributed by atoms with Crippen LogP contribution in [0.5, 0.6) is 11.5 Å². The number of likely N-dealkylation sites (N-methyl/N-ethyl adjacent to an activating group) is 1. The lowest BCUT2D eigenvalue weighted by Crippen LogP contribution is -2.32. The first-order valence-corrected chi connectivity index (χ1v) is 5.04. The molecule has 3 N–H and O–H groups in total. The van der Waals surface area contributed by atoms with Gasteiger partial charge in [-0.1, -0.05) is 6.07 Å². The summed E-state index contributed by atoms with van der Waals surface area (Å²) >= 11 is 0. The molecule has 1 amide bonds. The molecule has 88 valence electrons. The van der Waals surface area contributed by atoms with Gasteiger partial charge >= 0.3 is 6.09 Å². The van der Waals surface area contributed by atoms with Crippen LogP contribution in [-0.2, 0) is 0 Å². The number of benzene rings is 1. The molecule has 0 saturated carbocycles. The maximum absolute atomic E-state index is 11.3. The SMILES string of the molecule is CNCCNC(=O)Oc1cccc(O)c1C. The first-order chi connectivity index (χ1) is 7.65. The van der Waals surface area contributed by atoms with Gasteiger partial charge in [0.05, 0.1) is 0 Å². The number of carbonyl (C=O) groups is 1. The smallest absolute Gasteiger partial charge is 0.412 e. The van der Waals surface area contributed by atoms with Gasteiger partial charge in [-0.15, -0.1) is 0 Å². The molecule has 0 aromatic heterocycles. The van der Waals surface area contributed by atoms with Crippen LogP contribution < -0.4 is 15.4 Å². The third kappa shape index (κ3) is 3.43. The molecule has 0 aliphatic rings. The van der Waals surface area contributed by atoms with E-state index in [9.17, 15) is 9.90 Å². The molecule has 16 heavy (non-hydrogen) atoms. The minimum absolute atomic E-state index is 0.112. The minimum atomic E-state index is -0.524. The van der Waals surface area contributed by atoms with Crippen molar-refractivity contribution in [1.82, 2.24) is 10.6 Å². The molecule has 1 aromatic rings. The number of hydrogen-bond acceptors (Lipinski definition) is 4. The van der Waals surface area contributed by atoms with E-state index >= 15 is 0 Å². The van der Waals surface area contributed by atoms with Gasteiger partial charge in [-0.25, -0.2) is 4.79 Å². The van der Waals surface area contributed by atoms with E-state index in [4.69, 9.17) is 4.74 Å². The third-order valence-electron chi connectivity index (χ3n) is 2.10. The van der Waals surface area contributed by atoms with E-state index in [0.29, 0.717) is 24.4 Å². The van der Waals surface area contributed by atoms with Crippen molar-refractivity contribution in [2.45, 2.75) is 6.92 Å². The van der Waals surface area contributed by atoms with Crippen molar-refractivity contribution >= 4 is 6.09 Å². The number of phenols is 1. The highest BCUT2D eigenvalue weighted by molar-refractivity contribution is 5.71. The Bertz CT molecular complexity index is 366. The van der Waals surface area contributed by atoms with Gasteiger partial charge in [0.1, 0.15) is 11.5 Å². The van der Waals surface area contributed by atoms with Gasteiger partial charge < -0.3 is 20.5 Å². The monoisotopic (exact) mass is 224 g/mol. The minimum Gasteiger partial charge on any atom is -0.508 e. The summed E-state index contributed by atoms with van der Waals surface area (Å²) in [5.74, 6) is 0.475. The third-order valence-corrected chi connectivity index (χ3v) is 2.10. The van der Waals surface area contributed by atoms with Crippen molar-refractivity contribution in [3.05, 3.63) is 23.8 Å². The van der Waals surface area contributed by atoms with E-state index in [2.05, 4.69) is 10.6 Å². The highest BCUT2D eigenvalue weighted by Gasteiger charge is 2.08. The summed E-state index contributed by atoms with van der Waals surface area (Å²) in [6.45, 7) is 2.85. The van der Waals surface area contributed by atoms with Crippen LogP contribution in [0.15, 0.2) is 18.2 Å². The van der Waals surface area contributed by atoms with Crippen molar-refractivity contribution in [2.75, 3.05) is 20.1 Å².